The molecule has 0 unspecified atom stereocenters. The lowest BCUT2D eigenvalue weighted by Crippen LogP contribution is -2.21. The van der Waals surface area contributed by atoms with Crippen LogP contribution in [0, 0.1) is 5.92 Å². The Morgan fingerprint density at radius 2 is 1.95 bits per heavy atom. The molecule has 2 heterocycles. The fourth-order valence-electron chi connectivity index (χ4n) is 2.19. The molecule has 1 aromatic heterocycles. The van der Waals surface area contributed by atoms with Gasteiger partial charge >= 0.3 is 0 Å². The van der Waals surface area contributed by atoms with E-state index in [0.29, 0.717) is 5.92 Å². The van der Waals surface area contributed by atoms with Crippen molar-refractivity contribution in [2.24, 2.45) is 5.92 Å². The molecule has 0 bridgehead atoms. The Morgan fingerprint density at radius 3 is 2.53 bits per heavy atom. The van der Waals surface area contributed by atoms with Crippen LogP contribution < -0.4 is 0 Å². The summed E-state index contributed by atoms with van der Waals surface area (Å²) in [5.41, 5.74) is 1.90. The van der Waals surface area contributed by atoms with Crippen molar-refractivity contribution in [3.05, 3.63) is 17.5 Å². The molecule has 6 heteroatoms. The molecule has 19 heavy (non-hydrogen) atoms. The first-order valence-corrected chi connectivity index (χ1v) is 8.16. The average Bonchev–Trinajstić information content (AvgIpc) is 2.68. The van der Waals surface area contributed by atoms with Crippen molar-refractivity contribution in [1.29, 1.82) is 0 Å². The van der Waals surface area contributed by atoms with Crippen LogP contribution in [0.4, 0.5) is 0 Å². The highest BCUT2D eigenvalue weighted by Crippen LogP contribution is 2.23. The summed E-state index contributed by atoms with van der Waals surface area (Å²) in [6.45, 7) is 10.2. The topological polar surface area (TPSA) is 63.2 Å². The van der Waals surface area contributed by atoms with Crippen LogP contribution in [0.2, 0.25) is 0 Å². The summed E-state index contributed by atoms with van der Waals surface area (Å²) in [6, 6.07) is 0. The Bertz CT molecular complexity index is 567. The molecule has 1 aromatic rings. The van der Waals surface area contributed by atoms with Gasteiger partial charge in [-0.1, -0.05) is 13.8 Å². The number of hydrogen-bond donors (Lipinski definition) is 0. The largest absolute Gasteiger partial charge is 0.293 e. The highest BCUT2D eigenvalue weighted by Gasteiger charge is 2.27. The van der Waals surface area contributed by atoms with Crippen LogP contribution in [-0.4, -0.2) is 35.1 Å². The van der Waals surface area contributed by atoms with Crippen LogP contribution in [0.1, 0.15) is 39.0 Å². The molecule has 1 aliphatic rings. The maximum absolute atomic E-state index is 12.1. The summed E-state index contributed by atoms with van der Waals surface area (Å²) in [6.07, 6.45) is 1.66. The van der Waals surface area contributed by atoms with Gasteiger partial charge in [-0.25, -0.2) is 18.4 Å². The standard InChI is InChI=1S/C13H21N3O2S/c1-9(2)6-16-7-11-5-14-13(15-12(11)8-16)19(17,18)10(3)4/h5,9-10H,6-8H2,1-4H3. The Hall–Kier alpha value is -1.01. The number of fused-ring (bicyclic) bond motifs is 1. The summed E-state index contributed by atoms with van der Waals surface area (Å²) in [4.78, 5) is 10.6. The van der Waals surface area contributed by atoms with Crippen molar-refractivity contribution in [2.45, 2.75) is 51.2 Å². The molecular weight excluding hydrogens is 262 g/mol. The molecule has 0 saturated carbocycles. The molecule has 5 nitrogen and oxygen atoms in total. The number of sulfone groups is 1. The molecule has 2 rings (SSSR count). The molecule has 0 radical (unpaired) electrons. The number of aromatic nitrogens is 2. The van der Waals surface area contributed by atoms with Gasteiger partial charge < -0.3 is 0 Å². The number of nitrogens with zero attached hydrogens (tertiary/aromatic N) is 3. The molecule has 0 amide bonds. The van der Waals surface area contributed by atoms with Crippen LogP contribution in [0.5, 0.6) is 0 Å². The molecule has 0 N–H and O–H groups in total. The van der Waals surface area contributed by atoms with Gasteiger partial charge in [0.05, 0.1) is 10.9 Å². The zero-order valence-electron chi connectivity index (χ0n) is 11.9. The van der Waals surface area contributed by atoms with E-state index in [1.54, 1.807) is 20.0 Å². The van der Waals surface area contributed by atoms with Crippen LogP contribution in [0.15, 0.2) is 11.4 Å². The molecule has 0 aliphatic carbocycles. The zero-order valence-corrected chi connectivity index (χ0v) is 12.7. The molecular formula is C13H21N3O2S. The van der Waals surface area contributed by atoms with Gasteiger partial charge in [-0.15, -0.1) is 0 Å². The summed E-state index contributed by atoms with van der Waals surface area (Å²) in [5.74, 6) is 0.584. The first kappa shape index (κ1) is 14.4. The van der Waals surface area contributed by atoms with Crippen LogP contribution in [0.25, 0.3) is 0 Å². The van der Waals surface area contributed by atoms with Crippen LogP contribution in [-0.2, 0) is 22.9 Å². The number of hydrogen-bond acceptors (Lipinski definition) is 5. The molecule has 0 fully saturated rings. The molecule has 0 atom stereocenters. The predicted octanol–water partition coefficient (Wildman–Crippen LogP) is 1.63. The van der Waals surface area contributed by atoms with E-state index >= 15 is 0 Å². The van der Waals surface area contributed by atoms with E-state index in [9.17, 15) is 8.42 Å². The van der Waals surface area contributed by atoms with Gasteiger partial charge in [0.25, 0.3) is 0 Å². The molecule has 0 spiro atoms. The van der Waals surface area contributed by atoms with Crippen LogP contribution >= 0.6 is 0 Å². The second-order valence-corrected chi connectivity index (χ2v) is 8.18. The second kappa shape index (κ2) is 5.17. The SMILES string of the molecule is CC(C)CN1Cc2cnc(S(=O)(=O)C(C)C)nc2C1. The first-order chi connectivity index (χ1) is 8.80. The third kappa shape index (κ3) is 2.95. The Balaban J connectivity index is 2.25. The van der Waals surface area contributed by atoms with E-state index in [1.165, 1.54) is 0 Å². The van der Waals surface area contributed by atoms with Gasteiger partial charge in [0, 0.05) is 31.4 Å². The van der Waals surface area contributed by atoms with Gasteiger partial charge in [0.2, 0.25) is 15.0 Å². The molecule has 0 saturated heterocycles. The lowest BCUT2D eigenvalue weighted by molar-refractivity contribution is 0.250. The predicted molar refractivity (Wildman–Crippen MR) is 73.3 cm³/mol. The fraction of sp³-hybridized carbons (Fsp3) is 0.692. The maximum atomic E-state index is 12.1. The minimum absolute atomic E-state index is 0.0346. The van der Waals surface area contributed by atoms with E-state index in [-0.39, 0.29) is 5.16 Å². The summed E-state index contributed by atoms with van der Waals surface area (Å²) >= 11 is 0. The van der Waals surface area contributed by atoms with E-state index in [4.69, 9.17) is 0 Å². The van der Waals surface area contributed by atoms with Gasteiger partial charge in [-0.2, -0.15) is 0 Å². The Morgan fingerprint density at radius 1 is 1.26 bits per heavy atom. The van der Waals surface area contributed by atoms with Crippen molar-refractivity contribution in [2.75, 3.05) is 6.54 Å². The Kier molecular flexibility index (Phi) is 3.92. The number of rotatable bonds is 4. The fourth-order valence-corrected chi connectivity index (χ4v) is 3.05. The molecule has 0 aromatic carbocycles. The average molecular weight is 283 g/mol. The lowest BCUT2D eigenvalue weighted by atomic mass is 10.2. The van der Waals surface area contributed by atoms with Gasteiger partial charge in [-0.05, 0) is 19.8 Å². The molecule has 1 aliphatic heterocycles. The zero-order chi connectivity index (χ0) is 14.2. The molecule has 106 valence electrons. The van der Waals surface area contributed by atoms with E-state index in [1.807, 2.05) is 0 Å². The Labute approximate surface area is 115 Å². The van der Waals surface area contributed by atoms with E-state index < -0.39 is 15.1 Å². The van der Waals surface area contributed by atoms with Crippen molar-refractivity contribution >= 4 is 9.84 Å². The van der Waals surface area contributed by atoms with Crippen LogP contribution in [0.3, 0.4) is 0 Å². The smallest absolute Gasteiger partial charge is 0.247 e. The minimum atomic E-state index is -3.38. The van der Waals surface area contributed by atoms with E-state index in [0.717, 1.165) is 30.9 Å². The third-order valence-electron chi connectivity index (χ3n) is 3.20. The van der Waals surface area contributed by atoms with Gasteiger partial charge in [0.15, 0.2) is 0 Å². The normalized spacial score (nSPS) is 16.3. The third-order valence-corrected chi connectivity index (χ3v) is 5.14. The monoisotopic (exact) mass is 283 g/mol. The second-order valence-electron chi connectivity index (χ2n) is 5.78. The van der Waals surface area contributed by atoms with Crippen molar-refractivity contribution in [3.63, 3.8) is 0 Å². The summed E-state index contributed by atoms with van der Waals surface area (Å²) in [5, 5.41) is -0.522. The summed E-state index contributed by atoms with van der Waals surface area (Å²) in [7, 11) is -3.38. The van der Waals surface area contributed by atoms with Crippen molar-refractivity contribution < 1.29 is 8.42 Å². The van der Waals surface area contributed by atoms with Gasteiger partial charge in [0.1, 0.15) is 0 Å². The van der Waals surface area contributed by atoms with Crippen molar-refractivity contribution in [1.82, 2.24) is 14.9 Å². The minimum Gasteiger partial charge on any atom is -0.293 e. The maximum Gasteiger partial charge on any atom is 0.247 e. The van der Waals surface area contributed by atoms with Gasteiger partial charge in [-0.3, -0.25) is 4.90 Å². The summed E-state index contributed by atoms with van der Waals surface area (Å²) < 4.78 is 24.1. The van der Waals surface area contributed by atoms with E-state index in [2.05, 4.69) is 28.7 Å². The van der Waals surface area contributed by atoms with Crippen molar-refractivity contribution in [3.8, 4) is 0 Å². The highest BCUT2D eigenvalue weighted by atomic mass is 32.2. The quantitative estimate of drug-likeness (QED) is 0.786. The first-order valence-electron chi connectivity index (χ1n) is 6.61. The lowest BCUT2D eigenvalue weighted by Gasteiger charge is -2.16. The highest BCUT2D eigenvalue weighted by molar-refractivity contribution is 7.91.